The van der Waals surface area contributed by atoms with Gasteiger partial charge in [-0.05, 0) is 25.5 Å². The number of aromatic nitrogens is 1. The van der Waals surface area contributed by atoms with Crippen molar-refractivity contribution >= 4 is 37.8 Å². The van der Waals surface area contributed by atoms with E-state index >= 15 is 0 Å². The highest BCUT2D eigenvalue weighted by Gasteiger charge is 2.19. The van der Waals surface area contributed by atoms with Crippen molar-refractivity contribution in [2.24, 2.45) is 0 Å². The fraction of sp³-hybridized carbons (Fsp3) is 0.300. The Labute approximate surface area is 113 Å². The first-order valence-electron chi connectivity index (χ1n) is 5.08. The minimum Gasteiger partial charge on any atom is -0.391 e. The summed E-state index contributed by atoms with van der Waals surface area (Å²) in [4.78, 5) is 5.55. The van der Waals surface area contributed by atoms with Crippen molar-refractivity contribution in [3.05, 3.63) is 27.6 Å². The van der Waals surface area contributed by atoms with Gasteiger partial charge in [0.2, 0.25) is 0 Å². The van der Waals surface area contributed by atoms with Crippen molar-refractivity contribution in [2.75, 3.05) is 4.72 Å². The first-order chi connectivity index (χ1) is 8.42. The number of thiazole rings is 1. The van der Waals surface area contributed by atoms with Crippen molar-refractivity contribution in [3.8, 4) is 0 Å². The molecule has 2 N–H and O–H groups in total. The normalized spacial score (nSPS) is 11.7. The molecule has 0 spiro atoms. The highest BCUT2D eigenvalue weighted by Crippen LogP contribution is 2.28. The number of sulfonamides is 1. The average molecular weight is 304 g/mol. The van der Waals surface area contributed by atoms with Gasteiger partial charge in [0.1, 0.15) is 4.21 Å². The Morgan fingerprint density at radius 1 is 1.39 bits per heavy atom. The summed E-state index contributed by atoms with van der Waals surface area (Å²) in [6.07, 6.45) is 1.61. The number of thiophene rings is 1. The van der Waals surface area contributed by atoms with E-state index in [9.17, 15) is 8.42 Å². The van der Waals surface area contributed by atoms with Crippen LogP contribution in [0.1, 0.15) is 15.3 Å². The molecular formula is C10H12N2O3S3. The first kappa shape index (κ1) is 13.5. The number of hydrogen-bond acceptors (Lipinski definition) is 6. The van der Waals surface area contributed by atoms with Crippen LogP contribution in [0.5, 0.6) is 0 Å². The summed E-state index contributed by atoms with van der Waals surface area (Å²) in [5.74, 6) is 0. The summed E-state index contributed by atoms with van der Waals surface area (Å²) in [7, 11) is -3.61. The molecule has 0 aliphatic carbocycles. The summed E-state index contributed by atoms with van der Waals surface area (Å²) < 4.78 is 26.8. The minimum atomic E-state index is -3.61. The summed E-state index contributed by atoms with van der Waals surface area (Å²) in [5.41, 5.74) is 0.776. The van der Waals surface area contributed by atoms with Gasteiger partial charge in [-0.25, -0.2) is 13.4 Å². The molecule has 0 aliphatic rings. The van der Waals surface area contributed by atoms with Crippen LogP contribution in [0, 0.1) is 13.8 Å². The number of anilines is 1. The second-order valence-electron chi connectivity index (χ2n) is 3.71. The maximum atomic E-state index is 12.1. The Balaban J connectivity index is 2.30. The van der Waals surface area contributed by atoms with E-state index in [1.165, 1.54) is 11.3 Å². The average Bonchev–Trinajstić information content (AvgIpc) is 2.84. The van der Waals surface area contributed by atoms with Crippen LogP contribution in [0.15, 0.2) is 16.5 Å². The minimum absolute atomic E-state index is 0.150. The first-order valence-corrected chi connectivity index (χ1v) is 8.19. The summed E-state index contributed by atoms with van der Waals surface area (Å²) in [6, 6.07) is 1.55. The number of nitrogens with zero attached hydrogens (tertiary/aromatic N) is 1. The molecule has 0 unspecified atom stereocenters. The van der Waals surface area contributed by atoms with Crippen molar-refractivity contribution < 1.29 is 13.5 Å². The second-order valence-corrected chi connectivity index (χ2v) is 7.99. The quantitative estimate of drug-likeness (QED) is 0.906. The van der Waals surface area contributed by atoms with E-state index in [1.54, 1.807) is 19.2 Å². The van der Waals surface area contributed by atoms with Gasteiger partial charge in [-0.3, -0.25) is 4.72 Å². The Morgan fingerprint density at radius 2 is 2.11 bits per heavy atom. The molecule has 2 aromatic rings. The molecule has 2 heterocycles. The molecule has 0 aromatic carbocycles. The van der Waals surface area contributed by atoms with E-state index in [4.69, 9.17) is 5.11 Å². The lowest BCUT2D eigenvalue weighted by Gasteiger charge is -2.01. The largest absolute Gasteiger partial charge is 0.391 e. The summed E-state index contributed by atoms with van der Waals surface area (Å²) in [6.45, 7) is 3.48. The third kappa shape index (κ3) is 2.72. The maximum Gasteiger partial charge on any atom is 0.273 e. The van der Waals surface area contributed by atoms with E-state index < -0.39 is 10.0 Å². The Hall–Kier alpha value is -0.960. The summed E-state index contributed by atoms with van der Waals surface area (Å²) in [5, 5.41) is 9.43. The number of aryl methyl sites for hydroxylation is 2. The molecule has 8 heteroatoms. The SMILES string of the molecule is Cc1cnc(NS(=O)(=O)c2cc(C)c(CO)s2)s1. The van der Waals surface area contributed by atoms with Crippen LogP contribution in [0.25, 0.3) is 0 Å². The van der Waals surface area contributed by atoms with Gasteiger partial charge in [0, 0.05) is 16.0 Å². The molecule has 2 rings (SSSR count). The number of nitrogens with one attached hydrogen (secondary N) is 1. The van der Waals surface area contributed by atoms with Crippen LogP contribution < -0.4 is 4.72 Å². The number of aliphatic hydroxyl groups is 1. The molecule has 0 aliphatic heterocycles. The smallest absolute Gasteiger partial charge is 0.273 e. The molecule has 18 heavy (non-hydrogen) atoms. The highest BCUT2D eigenvalue weighted by molar-refractivity contribution is 7.94. The molecule has 0 bridgehead atoms. The molecule has 5 nitrogen and oxygen atoms in total. The molecule has 0 saturated carbocycles. The lowest BCUT2D eigenvalue weighted by molar-refractivity contribution is 0.285. The van der Waals surface area contributed by atoms with Gasteiger partial charge in [0.15, 0.2) is 5.13 Å². The van der Waals surface area contributed by atoms with Crippen LogP contribution in [0.2, 0.25) is 0 Å². The Bertz CT molecular complexity index is 658. The molecule has 0 fully saturated rings. The van der Waals surface area contributed by atoms with Gasteiger partial charge in [0.05, 0.1) is 6.61 Å². The zero-order valence-electron chi connectivity index (χ0n) is 9.80. The van der Waals surface area contributed by atoms with Gasteiger partial charge >= 0.3 is 0 Å². The van der Waals surface area contributed by atoms with E-state index in [1.807, 2.05) is 6.92 Å². The van der Waals surface area contributed by atoms with Gasteiger partial charge in [-0.15, -0.1) is 22.7 Å². The monoisotopic (exact) mass is 304 g/mol. The third-order valence-electron chi connectivity index (χ3n) is 2.25. The topological polar surface area (TPSA) is 79.3 Å². The lowest BCUT2D eigenvalue weighted by atomic mass is 10.3. The predicted molar refractivity (Wildman–Crippen MR) is 72.6 cm³/mol. The molecular weight excluding hydrogens is 292 g/mol. The number of hydrogen-bond donors (Lipinski definition) is 2. The van der Waals surface area contributed by atoms with Gasteiger partial charge in [0.25, 0.3) is 10.0 Å². The lowest BCUT2D eigenvalue weighted by Crippen LogP contribution is -2.11. The van der Waals surface area contributed by atoms with Crippen LogP contribution in [0.3, 0.4) is 0 Å². The molecule has 0 atom stereocenters. The molecule has 0 saturated heterocycles. The maximum absolute atomic E-state index is 12.1. The predicted octanol–water partition coefficient (Wildman–Crippen LogP) is 2.11. The Morgan fingerprint density at radius 3 is 2.61 bits per heavy atom. The van der Waals surface area contributed by atoms with Crippen molar-refractivity contribution in [2.45, 2.75) is 24.7 Å². The van der Waals surface area contributed by atoms with Crippen molar-refractivity contribution in [3.63, 3.8) is 0 Å². The fourth-order valence-electron chi connectivity index (χ4n) is 1.35. The molecule has 2 aromatic heterocycles. The standard InChI is InChI=1S/C10H12N2O3S3/c1-6-3-9(17-8(6)5-13)18(14,15)12-10-11-4-7(2)16-10/h3-4,13H,5H2,1-2H3,(H,11,12). The van der Waals surface area contributed by atoms with Crippen molar-refractivity contribution in [1.82, 2.24) is 4.98 Å². The molecule has 98 valence electrons. The zero-order chi connectivity index (χ0) is 13.3. The van der Waals surface area contributed by atoms with E-state index in [0.29, 0.717) is 10.0 Å². The number of rotatable bonds is 4. The summed E-state index contributed by atoms with van der Waals surface area (Å²) >= 11 is 2.35. The van der Waals surface area contributed by atoms with Crippen molar-refractivity contribution in [1.29, 1.82) is 0 Å². The van der Waals surface area contributed by atoms with Crippen LogP contribution >= 0.6 is 22.7 Å². The zero-order valence-corrected chi connectivity index (χ0v) is 12.2. The fourth-order valence-corrected chi connectivity index (χ4v) is 4.70. The van der Waals surface area contributed by atoms with Crippen LogP contribution in [-0.2, 0) is 16.6 Å². The van der Waals surface area contributed by atoms with Crippen LogP contribution in [-0.4, -0.2) is 18.5 Å². The molecule has 0 radical (unpaired) electrons. The number of aliphatic hydroxyl groups excluding tert-OH is 1. The van der Waals surface area contributed by atoms with E-state index in [0.717, 1.165) is 21.8 Å². The van der Waals surface area contributed by atoms with Gasteiger partial charge in [-0.2, -0.15) is 0 Å². The highest BCUT2D eigenvalue weighted by atomic mass is 32.2. The van der Waals surface area contributed by atoms with E-state index in [2.05, 4.69) is 9.71 Å². The van der Waals surface area contributed by atoms with Gasteiger partial charge < -0.3 is 5.11 Å². The van der Waals surface area contributed by atoms with Gasteiger partial charge in [-0.1, -0.05) is 0 Å². The van der Waals surface area contributed by atoms with E-state index in [-0.39, 0.29) is 10.8 Å². The Kier molecular flexibility index (Phi) is 3.71. The molecule has 0 amide bonds. The second kappa shape index (κ2) is 4.96. The van der Waals surface area contributed by atoms with Crippen LogP contribution in [0.4, 0.5) is 5.13 Å². The third-order valence-corrected chi connectivity index (χ3v) is 6.24.